The van der Waals surface area contributed by atoms with Crippen molar-refractivity contribution in [1.29, 1.82) is 5.26 Å². The Kier molecular flexibility index (Phi) is 5.65. The largest absolute Gasteiger partial charge is 0.376 e. The van der Waals surface area contributed by atoms with Crippen LogP contribution in [0.15, 0.2) is 30.5 Å². The minimum absolute atomic E-state index is 0.201. The summed E-state index contributed by atoms with van der Waals surface area (Å²) in [6.45, 7) is 5.30. The van der Waals surface area contributed by atoms with Gasteiger partial charge in [-0.1, -0.05) is 6.07 Å². The summed E-state index contributed by atoms with van der Waals surface area (Å²) in [5.41, 5.74) is 3.09. The van der Waals surface area contributed by atoms with Gasteiger partial charge in [0.2, 0.25) is 0 Å². The van der Waals surface area contributed by atoms with Crippen LogP contribution in [0.2, 0.25) is 0 Å². The highest BCUT2D eigenvalue weighted by molar-refractivity contribution is 5.83. The average Bonchev–Trinajstić information content (AvgIpc) is 3.51. The van der Waals surface area contributed by atoms with Crippen molar-refractivity contribution in [2.45, 2.75) is 25.0 Å². The van der Waals surface area contributed by atoms with Gasteiger partial charge in [0.1, 0.15) is 6.07 Å². The number of rotatable bonds is 5. The molecule has 0 unspecified atom stereocenters. The minimum atomic E-state index is 0.201. The molecule has 1 N–H and O–H groups in total. The molecule has 9 nitrogen and oxygen atoms in total. The molecule has 6 rings (SSSR count). The van der Waals surface area contributed by atoms with Gasteiger partial charge < -0.3 is 19.7 Å². The van der Waals surface area contributed by atoms with Crippen LogP contribution in [0.1, 0.15) is 18.4 Å². The van der Waals surface area contributed by atoms with Crippen molar-refractivity contribution < 1.29 is 9.47 Å². The van der Waals surface area contributed by atoms with Gasteiger partial charge in [-0.15, -0.1) is 10.2 Å². The number of benzene rings is 1. The van der Waals surface area contributed by atoms with Crippen LogP contribution in [-0.4, -0.2) is 76.5 Å². The number of hydrogen-bond donors (Lipinski definition) is 1. The Balaban J connectivity index is 1.10. The lowest BCUT2D eigenvalue weighted by Crippen LogP contribution is -2.39. The Morgan fingerprint density at radius 1 is 1.15 bits per heavy atom. The third kappa shape index (κ3) is 4.25. The van der Waals surface area contributed by atoms with E-state index in [0.717, 1.165) is 48.9 Å². The van der Waals surface area contributed by atoms with Crippen molar-refractivity contribution in [1.82, 2.24) is 24.9 Å². The fourth-order valence-corrected chi connectivity index (χ4v) is 5.82. The second kappa shape index (κ2) is 8.95. The molecule has 2 aliphatic heterocycles. The summed E-state index contributed by atoms with van der Waals surface area (Å²) in [4.78, 5) is 2.53. The summed E-state index contributed by atoms with van der Waals surface area (Å²) in [7, 11) is 1.91. The van der Waals surface area contributed by atoms with E-state index in [-0.39, 0.29) is 6.10 Å². The van der Waals surface area contributed by atoms with E-state index in [2.05, 4.69) is 31.6 Å². The van der Waals surface area contributed by atoms with Gasteiger partial charge in [-0.25, -0.2) is 0 Å². The van der Waals surface area contributed by atoms with E-state index in [1.807, 2.05) is 37.5 Å². The Labute approximate surface area is 198 Å². The zero-order chi connectivity index (χ0) is 23.1. The molecule has 0 amide bonds. The van der Waals surface area contributed by atoms with Crippen molar-refractivity contribution in [3.63, 3.8) is 0 Å². The van der Waals surface area contributed by atoms with Crippen molar-refractivity contribution in [3.8, 4) is 17.3 Å². The zero-order valence-corrected chi connectivity index (χ0v) is 19.4. The molecule has 1 saturated carbocycles. The summed E-state index contributed by atoms with van der Waals surface area (Å²) in [5.74, 6) is 1.93. The predicted molar refractivity (Wildman–Crippen MR) is 127 cm³/mol. The summed E-state index contributed by atoms with van der Waals surface area (Å²) in [6, 6.07) is 10.4. The molecular formula is C25H29N7O2. The maximum Gasteiger partial charge on any atom is 0.166 e. The van der Waals surface area contributed by atoms with Gasteiger partial charge in [0.15, 0.2) is 5.82 Å². The summed E-state index contributed by atoms with van der Waals surface area (Å²) in [6.07, 6.45) is 4.36. The standard InChI is InChI=1S/C25H29N7O2/c1-31-11-20-6-16(2-3-23(20)30-31)24-9-17(10-26)25(29-28-24)27-21-7-18-12-32(13-19(18)8-21)14-22-15-33-4-5-34-22/h2-3,6,9,11,18-19,21-22H,4-5,7-8,12-15H2,1H3,(H,27,29)/t18-,19+,21-,22-/m1/s1. The quantitative estimate of drug-likeness (QED) is 0.621. The third-order valence-corrected chi connectivity index (χ3v) is 7.34. The molecular weight excluding hydrogens is 430 g/mol. The number of aromatic nitrogens is 4. The first-order valence-electron chi connectivity index (χ1n) is 12.0. The fraction of sp³-hybridized carbons (Fsp3) is 0.520. The Morgan fingerprint density at radius 2 is 2.00 bits per heavy atom. The topological polar surface area (TPSA) is 101 Å². The van der Waals surface area contributed by atoms with Crippen LogP contribution in [0.5, 0.6) is 0 Å². The first-order chi connectivity index (χ1) is 16.6. The predicted octanol–water partition coefficient (Wildman–Crippen LogP) is 2.44. The number of ether oxygens (including phenoxy) is 2. The second-order valence-electron chi connectivity index (χ2n) is 9.80. The molecule has 0 radical (unpaired) electrons. The van der Waals surface area contributed by atoms with Gasteiger partial charge in [0.25, 0.3) is 0 Å². The molecule has 4 heterocycles. The lowest BCUT2D eigenvalue weighted by molar-refractivity contribution is -0.0964. The molecule has 1 aromatic carbocycles. The first kappa shape index (κ1) is 21.5. The van der Waals surface area contributed by atoms with Crippen LogP contribution in [0, 0.1) is 23.2 Å². The monoisotopic (exact) mass is 459 g/mol. The smallest absolute Gasteiger partial charge is 0.166 e. The number of nitriles is 1. The van der Waals surface area contributed by atoms with E-state index >= 15 is 0 Å². The second-order valence-corrected chi connectivity index (χ2v) is 9.80. The lowest BCUT2D eigenvalue weighted by atomic mass is 10.0. The van der Waals surface area contributed by atoms with Gasteiger partial charge in [0, 0.05) is 49.9 Å². The maximum absolute atomic E-state index is 9.79. The maximum atomic E-state index is 9.79. The van der Waals surface area contributed by atoms with E-state index < -0.39 is 0 Å². The molecule has 9 heteroatoms. The summed E-state index contributed by atoms with van der Waals surface area (Å²) in [5, 5.41) is 27.6. The molecule has 176 valence electrons. The Morgan fingerprint density at radius 3 is 2.76 bits per heavy atom. The molecule has 4 atom stereocenters. The van der Waals surface area contributed by atoms with E-state index in [9.17, 15) is 5.26 Å². The van der Waals surface area contributed by atoms with E-state index in [1.165, 1.54) is 0 Å². The number of likely N-dealkylation sites (tertiary alicyclic amines) is 1. The molecule has 0 spiro atoms. The van der Waals surface area contributed by atoms with E-state index in [0.29, 0.717) is 54.8 Å². The van der Waals surface area contributed by atoms with Crippen molar-refractivity contribution in [2.24, 2.45) is 18.9 Å². The Bertz CT molecular complexity index is 1220. The summed E-state index contributed by atoms with van der Waals surface area (Å²) < 4.78 is 13.2. The molecule has 3 fully saturated rings. The number of aryl methyl sites for hydroxylation is 1. The zero-order valence-electron chi connectivity index (χ0n) is 19.4. The summed E-state index contributed by atoms with van der Waals surface area (Å²) >= 11 is 0. The van der Waals surface area contributed by atoms with Gasteiger partial charge >= 0.3 is 0 Å². The highest BCUT2D eigenvalue weighted by Gasteiger charge is 2.41. The van der Waals surface area contributed by atoms with Gasteiger partial charge in [0.05, 0.1) is 42.7 Å². The average molecular weight is 460 g/mol. The highest BCUT2D eigenvalue weighted by Crippen LogP contribution is 2.39. The van der Waals surface area contributed by atoms with Crippen molar-refractivity contribution in [2.75, 3.05) is 44.8 Å². The van der Waals surface area contributed by atoms with Gasteiger partial charge in [-0.05, 0) is 42.9 Å². The van der Waals surface area contributed by atoms with Crippen molar-refractivity contribution in [3.05, 3.63) is 36.0 Å². The van der Waals surface area contributed by atoms with Crippen LogP contribution < -0.4 is 5.32 Å². The van der Waals surface area contributed by atoms with E-state index in [4.69, 9.17) is 9.47 Å². The number of hydrogen-bond acceptors (Lipinski definition) is 8. The SMILES string of the molecule is Cn1cc2cc(-c3cc(C#N)c(N[C@@H]4C[C@@H]5CN(C[C@@H]6COCCO6)C[C@@H]5C4)nn3)ccc2n1. The number of anilines is 1. The minimum Gasteiger partial charge on any atom is -0.376 e. The van der Waals surface area contributed by atoms with Crippen LogP contribution in [0.25, 0.3) is 22.2 Å². The molecule has 2 saturated heterocycles. The van der Waals surface area contributed by atoms with Gasteiger partial charge in [-0.3, -0.25) is 4.68 Å². The van der Waals surface area contributed by atoms with Crippen LogP contribution in [0.4, 0.5) is 5.82 Å². The molecule has 0 bridgehead atoms. The fourth-order valence-electron chi connectivity index (χ4n) is 5.82. The van der Waals surface area contributed by atoms with Crippen LogP contribution >= 0.6 is 0 Å². The molecule has 2 aromatic heterocycles. The molecule has 3 aromatic rings. The number of fused-ring (bicyclic) bond motifs is 2. The number of nitrogens with one attached hydrogen (secondary N) is 1. The van der Waals surface area contributed by atoms with Crippen molar-refractivity contribution >= 4 is 16.7 Å². The molecule has 3 aliphatic rings. The van der Waals surface area contributed by atoms with E-state index in [1.54, 1.807) is 4.68 Å². The van der Waals surface area contributed by atoms with Crippen LogP contribution in [-0.2, 0) is 16.5 Å². The Hall–Kier alpha value is -3.06. The first-order valence-corrected chi connectivity index (χ1v) is 12.0. The third-order valence-electron chi connectivity index (χ3n) is 7.34. The normalized spacial score (nSPS) is 27.1. The lowest BCUT2D eigenvalue weighted by Gasteiger charge is -2.28. The molecule has 34 heavy (non-hydrogen) atoms. The van der Waals surface area contributed by atoms with Gasteiger partial charge in [-0.2, -0.15) is 10.4 Å². The highest BCUT2D eigenvalue weighted by atomic mass is 16.6. The van der Waals surface area contributed by atoms with Crippen LogP contribution in [0.3, 0.4) is 0 Å². The molecule has 1 aliphatic carbocycles. The number of nitrogens with zero attached hydrogens (tertiary/aromatic N) is 6.